The highest BCUT2D eigenvalue weighted by Gasteiger charge is 2.09. The molecule has 0 aliphatic carbocycles. The van der Waals surface area contributed by atoms with Gasteiger partial charge in [0.2, 0.25) is 5.28 Å². The highest BCUT2D eigenvalue weighted by Crippen LogP contribution is 2.19. The summed E-state index contributed by atoms with van der Waals surface area (Å²) in [5, 5.41) is 4.09. The average molecular weight is 288 g/mol. The molecule has 100 valence electrons. The van der Waals surface area contributed by atoms with Crippen LogP contribution in [-0.4, -0.2) is 24.7 Å². The second-order valence-electron chi connectivity index (χ2n) is 4.05. The van der Waals surface area contributed by atoms with Crippen molar-refractivity contribution >= 4 is 11.6 Å². The minimum atomic E-state index is 0.0487. The van der Waals surface area contributed by atoms with Crippen LogP contribution in [-0.2, 0) is 0 Å². The summed E-state index contributed by atoms with van der Waals surface area (Å²) in [6, 6.07) is 9.43. The van der Waals surface area contributed by atoms with E-state index in [1.54, 1.807) is 18.5 Å². The van der Waals surface area contributed by atoms with Crippen LogP contribution in [0.15, 0.2) is 42.7 Å². The first kappa shape index (κ1) is 12.6. The normalized spacial score (nSPS) is 10.5. The van der Waals surface area contributed by atoms with Gasteiger partial charge in [0.1, 0.15) is 5.75 Å². The maximum absolute atomic E-state index is 5.88. The third-order valence-corrected chi connectivity index (χ3v) is 2.68. The van der Waals surface area contributed by atoms with Crippen molar-refractivity contribution in [3.05, 3.63) is 53.6 Å². The predicted molar refractivity (Wildman–Crippen MR) is 73.2 cm³/mol. The Morgan fingerprint density at radius 2 is 1.90 bits per heavy atom. The number of hydrogen-bond acceptors (Lipinski definition) is 5. The van der Waals surface area contributed by atoms with Crippen molar-refractivity contribution < 1.29 is 4.74 Å². The van der Waals surface area contributed by atoms with E-state index in [0.29, 0.717) is 11.7 Å². The van der Waals surface area contributed by atoms with E-state index in [-0.39, 0.29) is 11.3 Å². The van der Waals surface area contributed by atoms with Gasteiger partial charge in [0, 0.05) is 12.4 Å². The Bertz CT molecular complexity index is 712. The molecule has 6 nitrogen and oxygen atoms in total. The minimum absolute atomic E-state index is 0.0487. The quantitative estimate of drug-likeness (QED) is 0.741. The topological polar surface area (TPSA) is 65.7 Å². The van der Waals surface area contributed by atoms with E-state index in [1.807, 2.05) is 31.2 Å². The molecule has 0 aliphatic rings. The van der Waals surface area contributed by atoms with E-state index in [1.165, 1.54) is 4.68 Å². The number of aryl methyl sites for hydroxylation is 1. The monoisotopic (exact) mass is 287 g/mol. The maximum atomic E-state index is 5.88. The standard InChI is InChI=1S/C13H10ClN5O/c1-9-3-5-10(6-4-9)20-13-17-11(14)16-12(18-13)19-8-2-7-15-19/h2-8H,1H3. The average Bonchev–Trinajstić information content (AvgIpc) is 2.95. The number of hydrogen-bond donors (Lipinski definition) is 0. The smallest absolute Gasteiger partial charge is 0.328 e. The molecular weight excluding hydrogens is 278 g/mol. The molecular formula is C13H10ClN5O. The van der Waals surface area contributed by atoms with Crippen LogP contribution in [0.2, 0.25) is 5.28 Å². The molecule has 0 unspecified atom stereocenters. The molecule has 2 heterocycles. The van der Waals surface area contributed by atoms with Crippen molar-refractivity contribution in [2.45, 2.75) is 6.92 Å². The molecule has 0 N–H and O–H groups in total. The van der Waals surface area contributed by atoms with E-state index in [9.17, 15) is 0 Å². The van der Waals surface area contributed by atoms with Crippen molar-refractivity contribution in [2.24, 2.45) is 0 Å². The van der Waals surface area contributed by atoms with Crippen LogP contribution < -0.4 is 4.74 Å². The van der Waals surface area contributed by atoms with Gasteiger partial charge in [-0.1, -0.05) is 17.7 Å². The molecule has 0 fully saturated rings. The highest BCUT2D eigenvalue weighted by atomic mass is 35.5. The number of rotatable bonds is 3. The summed E-state index contributed by atoms with van der Waals surface area (Å²) in [6.45, 7) is 2.00. The minimum Gasteiger partial charge on any atom is -0.424 e. The first-order valence-electron chi connectivity index (χ1n) is 5.87. The highest BCUT2D eigenvalue weighted by molar-refractivity contribution is 6.28. The summed E-state index contributed by atoms with van der Waals surface area (Å²) in [7, 11) is 0. The van der Waals surface area contributed by atoms with Crippen LogP contribution in [0, 0.1) is 6.92 Å². The zero-order valence-electron chi connectivity index (χ0n) is 10.6. The third-order valence-electron chi connectivity index (χ3n) is 2.52. The SMILES string of the molecule is Cc1ccc(Oc2nc(Cl)nc(-n3cccn3)n2)cc1. The molecule has 20 heavy (non-hydrogen) atoms. The maximum Gasteiger partial charge on any atom is 0.328 e. The molecule has 0 saturated heterocycles. The van der Waals surface area contributed by atoms with Crippen LogP contribution in [0.3, 0.4) is 0 Å². The predicted octanol–water partition coefficient (Wildman–Crippen LogP) is 2.81. The first-order valence-corrected chi connectivity index (χ1v) is 6.24. The van der Waals surface area contributed by atoms with E-state index in [4.69, 9.17) is 16.3 Å². The molecule has 0 radical (unpaired) electrons. The Morgan fingerprint density at radius 1 is 1.10 bits per heavy atom. The summed E-state index contributed by atoms with van der Waals surface area (Å²) in [5.41, 5.74) is 1.14. The largest absolute Gasteiger partial charge is 0.424 e. The van der Waals surface area contributed by atoms with Gasteiger partial charge in [-0.2, -0.15) is 20.1 Å². The van der Waals surface area contributed by atoms with Crippen molar-refractivity contribution in [1.29, 1.82) is 0 Å². The fourth-order valence-electron chi connectivity index (χ4n) is 1.57. The zero-order valence-corrected chi connectivity index (χ0v) is 11.3. The number of ether oxygens (including phenoxy) is 1. The van der Waals surface area contributed by atoms with Gasteiger partial charge in [0.25, 0.3) is 5.95 Å². The Balaban J connectivity index is 1.92. The third kappa shape index (κ3) is 2.75. The van der Waals surface area contributed by atoms with E-state index in [0.717, 1.165) is 5.56 Å². The molecule has 0 atom stereocenters. The molecule has 1 aromatic carbocycles. The molecule has 7 heteroatoms. The van der Waals surface area contributed by atoms with Gasteiger partial charge in [-0.3, -0.25) is 0 Å². The van der Waals surface area contributed by atoms with Crippen LogP contribution in [0.25, 0.3) is 5.95 Å². The second kappa shape index (κ2) is 5.26. The lowest BCUT2D eigenvalue weighted by atomic mass is 10.2. The van der Waals surface area contributed by atoms with E-state index in [2.05, 4.69) is 20.1 Å². The number of benzene rings is 1. The lowest BCUT2D eigenvalue weighted by Gasteiger charge is -2.06. The summed E-state index contributed by atoms with van der Waals surface area (Å²) < 4.78 is 7.05. The zero-order chi connectivity index (χ0) is 13.9. The molecule has 2 aromatic heterocycles. The van der Waals surface area contributed by atoms with Crippen LogP contribution in [0.5, 0.6) is 11.8 Å². The lowest BCUT2D eigenvalue weighted by Crippen LogP contribution is -2.05. The summed E-state index contributed by atoms with van der Waals surface area (Å²) >= 11 is 5.88. The lowest BCUT2D eigenvalue weighted by molar-refractivity contribution is 0.437. The Labute approximate surface area is 120 Å². The van der Waals surface area contributed by atoms with Crippen molar-refractivity contribution in [3.63, 3.8) is 0 Å². The fraction of sp³-hybridized carbons (Fsp3) is 0.0769. The number of nitrogens with zero attached hydrogens (tertiary/aromatic N) is 5. The molecule has 0 bridgehead atoms. The molecule has 0 saturated carbocycles. The van der Waals surface area contributed by atoms with E-state index >= 15 is 0 Å². The van der Waals surface area contributed by atoms with E-state index < -0.39 is 0 Å². The number of aromatic nitrogens is 5. The number of halogens is 1. The second-order valence-corrected chi connectivity index (χ2v) is 4.39. The van der Waals surface area contributed by atoms with Gasteiger partial charge in [-0.05, 0) is 36.7 Å². The van der Waals surface area contributed by atoms with Crippen LogP contribution >= 0.6 is 11.6 Å². The summed E-state index contributed by atoms with van der Waals surface area (Å²) in [5.74, 6) is 0.932. The first-order chi connectivity index (χ1) is 9.70. The molecule has 3 aromatic rings. The van der Waals surface area contributed by atoms with Gasteiger partial charge < -0.3 is 4.74 Å². The molecule has 0 spiro atoms. The Kier molecular flexibility index (Phi) is 3.30. The summed E-state index contributed by atoms with van der Waals surface area (Å²) in [4.78, 5) is 12.1. The van der Waals surface area contributed by atoms with Crippen molar-refractivity contribution in [1.82, 2.24) is 24.7 Å². The van der Waals surface area contributed by atoms with Crippen LogP contribution in [0.1, 0.15) is 5.56 Å². The van der Waals surface area contributed by atoms with Gasteiger partial charge in [-0.15, -0.1) is 0 Å². The molecule has 0 aliphatic heterocycles. The Hall–Kier alpha value is -2.47. The Morgan fingerprint density at radius 3 is 2.60 bits per heavy atom. The van der Waals surface area contributed by atoms with Crippen LogP contribution in [0.4, 0.5) is 0 Å². The van der Waals surface area contributed by atoms with Crippen molar-refractivity contribution in [2.75, 3.05) is 0 Å². The van der Waals surface area contributed by atoms with Gasteiger partial charge in [-0.25, -0.2) is 4.68 Å². The van der Waals surface area contributed by atoms with Gasteiger partial charge in [0.15, 0.2) is 0 Å². The van der Waals surface area contributed by atoms with Crippen molar-refractivity contribution in [3.8, 4) is 17.7 Å². The molecule has 3 rings (SSSR count). The fourth-order valence-corrected chi connectivity index (χ4v) is 1.72. The van der Waals surface area contributed by atoms with Gasteiger partial charge >= 0.3 is 6.01 Å². The van der Waals surface area contributed by atoms with Gasteiger partial charge in [0.05, 0.1) is 0 Å². The molecule has 0 amide bonds. The summed E-state index contributed by atoms with van der Waals surface area (Å²) in [6.07, 6.45) is 3.33.